The Morgan fingerprint density at radius 3 is 2.90 bits per heavy atom. The summed E-state index contributed by atoms with van der Waals surface area (Å²) in [5.74, 6) is 0.815. The SMILES string of the molecule is CCCNCc1ccc(OCc2cn(C)nn2)c(Br)c1. The third-order valence-corrected chi connectivity index (χ3v) is 3.40. The molecule has 0 amide bonds. The number of aromatic nitrogens is 3. The van der Waals surface area contributed by atoms with Crippen molar-refractivity contribution in [3.63, 3.8) is 0 Å². The fraction of sp³-hybridized carbons (Fsp3) is 0.429. The molecule has 0 aliphatic carbocycles. The van der Waals surface area contributed by atoms with Crippen molar-refractivity contribution in [2.24, 2.45) is 7.05 Å². The van der Waals surface area contributed by atoms with Crippen LogP contribution in [0.5, 0.6) is 5.75 Å². The summed E-state index contributed by atoms with van der Waals surface area (Å²) in [7, 11) is 1.84. The second-order valence-corrected chi connectivity index (χ2v) is 5.47. The fourth-order valence-corrected chi connectivity index (χ4v) is 2.33. The molecule has 1 aromatic heterocycles. The van der Waals surface area contributed by atoms with Crippen molar-refractivity contribution in [1.82, 2.24) is 20.3 Å². The summed E-state index contributed by atoms with van der Waals surface area (Å²) < 4.78 is 8.35. The Bertz CT molecular complexity index is 556. The predicted octanol–water partition coefficient (Wildman–Crippen LogP) is 2.66. The molecule has 1 N–H and O–H groups in total. The lowest BCUT2D eigenvalue weighted by atomic mass is 10.2. The summed E-state index contributed by atoms with van der Waals surface area (Å²) in [6, 6.07) is 6.12. The molecule has 0 aliphatic heterocycles. The minimum atomic E-state index is 0.417. The molecule has 5 nitrogen and oxygen atoms in total. The van der Waals surface area contributed by atoms with Gasteiger partial charge in [0.2, 0.25) is 0 Å². The van der Waals surface area contributed by atoms with Crippen LogP contribution in [-0.2, 0) is 20.2 Å². The number of hydrogen-bond acceptors (Lipinski definition) is 4. The first kappa shape index (κ1) is 15.0. The number of halogens is 1. The van der Waals surface area contributed by atoms with Gasteiger partial charge < -0.3 is 10.1 Å². The normalized spacial score (nSPS) is 10.8. The quantitative estimate of drug-likeness (QED) is 0.788. The Labute approximate surface area is 127 Å². The molecular formula is C14H19BrN4O. The van der Waals surface area contributed by atoms with Crippen molar-refractivity contribution in [2.75, 3.05) is 6.54 Å². The number of rotatable bonds is 7. The van der Waals surface area contributed by atoms with E-state index in [2.05, 4.69) is 50.6 Å². The molecule has 1 heterocycles. The molecule has 108 valence electrons. The minimum Gasteiger partial charge on any atom is -0.486 e. The highest BCUT2D eigenvalue weighted by molar-refractivity contribution is 9.10. The van der Waals surface area contributed by atoms with E-state index in [-0.39, 0.29) is 0 Å². The Morgan fingerprint density at radius 2 is 2.25 bits per heavy atom. The number of nitrogens with one attached hydrogen (secondary N) is 1. The molecule has 6 heteroatoms. The van der Waals surface area contributed by atoms with Crippen molar-refractivity contribution < 1.29 is 4.74 Å². The van der Waals surface area contributed by atoms with Gasteiger partial charge in [-0.2, -0.15) is 0 Å². The molecule has 2 rings (SSSR count). The average molecular weight is 339 g/mol. The molecule has 20 heavy (non-hydrogen) atoms. The molecule has 0 saturated heterocycles. The van der Waals surface area contributed by atoms with Crippen LogP contribution >= 0.6 is 15.9 Å². The van der Waals surface area contributed by atoms with Gasteiger partial charge >= 0.3 is 0 Å². The second-order valence-electron chi connectivity index (χ2n) is 4.61. The van der Waals surface area contributed by atoms with Crippen LogP contribution in [0.1, 0.15) is 24.6 Å². The summed E-state index contributed by atoms with van der Waals surface area (Å²) in [4.78, 5) is 0. The molecular weight excluding hydrogens is 320 g/mol. The van der Waals surface area contributed by atoms with E-state index in [4.69, 9.17) is 4.74 Å². The summed E-state index contributed by atoms with van der Waals surface area (Å²) in [6.07, 6.45) is 2.98. The van der Waals surface area contributed by atoms with Crippen molar-refractivity contribution in [1.29, 1.82) is 0 Å². The number of nitrogens with zero attached hydrogens (tertiary/aromatic N) is 3. The smallest absolute Gasteiger partial charge is 0.134 e. The highest BCUT2D eigenvalue weighted by atomic mass is 79.9. The Morgan fingerprint density at radius 1 is 1.40 bits per heavy atom. The lowest BCUT2D eigenvalue weighted by Crippen LogP contribution is -2.13. The Hall–Kier alpha value is -1.40. The Kier molecular flexibility index (Phi) is 5.55. The first-order valence-corrected chi connectivity index (χ1v) is 7.45. The topological polar surface area (TPSA) is 52.0 Å². The van der Waals surface area contributed by atoms with Crippen LogP contribution in [0.3, 0.4) is 0 Å². The first-order chi connectivity index (χ1) is 9.69. The van der Waals surface area contributed by atoms with Gasteiger partial charge in [0.25, 0.3) is 0 Å². The van der Waals surface area contributed by atoms with Crippen molar-refractivity contribution in [3.05, 3.63) is 40.1 Å². The molecule has 0 spiro atoms. The molecule has 0 aliphatic rings. The number of aryl methyl sites for hydroxylation is 1. The minimum absolute atomic E-state index is 0.417. The van der Waals surface area contributed by atoms with Crippen molar-refractivity contribution >= 4 is 15.9 Å². The number of benzene rings is 1. The van der Waals surface area contributed by atoms with Gasteiger partial charge in [0.05, 0.1) is 10.7 Å². The summed E-state index contributed by atoms with van der Waals surface area (Å²) in [6.45, 7) is 4.48. The monoisotopic (exact) mass is 338 g/mol. The lowest BCUT2D eigenvalue weighted by molar-refractivity contribution is 0.299. The van der Waals surface area contributed by atoms with Crippen LogP contribution in [0.25, 0.3) is 0 Å². The third kappa shape index (κ3) is 4.31. The second kappa shape index (κ2) is 7.40. The highest BCUT2D eigenvalue weighted by Crippen LogP contribution is 2.26. The molecule has 0 unspecified atom stereocenters. The van der Waals surface area contributed by atoms with Gasteiger partial charge in [-0.3, -0.25) is 4.68 Å². The third-order valence-electron chi connectivity index (χ3n) is 2.78. The largest absolute Gasteiger partial charge is 0.486 e. The van der Waals surface area contributed by atoms with E-state index in [0.29, 0.717) is 6.61 Å². The molecule has 0 atom stereocenters. The van der Waals surface area contributed by atoms with E-state index in [9.17, 15) is 0 Å². The molecule has 2 aromatic rings. The van der Waals surface area contributed by atoms with Gasteiger partial charge in [-0.05, 0) is 46.6 Å². The van der Waals surface area contributed by atoms with Gasteiger partial charge in [-0.1, -0.05) is 18.2 Å². The van der Waals surface area contributed by atoms with E-state index in [0.717, 1.165) is 35.4 Å². The van der Waals surface area contributed by atoms with Crippen LogP contribution in [0.15, 0.2) is 28.9 Å². The standard InChI is InChI=1S/C14H19BrN4O/c1-3-6-16-8-11-4-5-14(13(15)7-11)20-10-12-9-19(2)18-17-12/h4-5,7,9,16H,3,6,8,10H2,1-2H3. The maximum atomic E-state index is 5.73. The lowest BCUT2D eigenvalue weighted by Gasteiger charge is -2.09. The fourth-order valence-electron chi connectivity index (χ4n) is 1.79. The molecule has 0 bridgehead atoms. The number of ether oxygens (including phenoxy) is 1. The van der Waals surface area contributed by atoms with Gasteiger partial charge in [-0.25, -0.2) is 0 Å². The van der Waals surface area contributed by atoms with Crippen LogP contribution in [0.4, 0.5) is 0 Å². The summed E-state index contributed by atoms with van der Waals surface area (Å²) in [5.41, 5.74) is 2.05. The zero-order valence-corrected chi connectivity index (χ0v) is 13.4. The Balaban J connectivity index is 1.92. The van der Waals surface area contributed by atoms with Gasteiger partial charge in [0.1, 0.15) is 18.1 Å². The molecule has 0 saturated carbocycles. The summed E-state index contributed by atoms with van der Waals surface area (Å²) in [5, 5.41) is 11.2. The zero-order chi connectivity index (χ0) is 14.4. The summed E-state index contributed by atoms with van der Waals surface area (Å²) >= 11 is 3.54. The maximum absolute atomic E-state index is 5.73. The predicted molar refractivity (Wildman–Crippen MR) is 81.5 cm³/mol. The average Bonchev–Trinajstić information content (AvgIpc) is 2.84. The van der Waals surface area contributed by atoms with E-state index in [1.165, 1.54) is 5.56 Å². The highest BCUT2D eigenvalue weighted by Gasteiger charge is 2.05. The zero-order valence-electron chi connectivity index (χ0n) is 11.8. The molecule has 0 radical (unpaired) electrons. The van der Waals surface area contributed by atoms with Crippen LogP contribution in [0, 0.1) is 0 Å². The van der Waals surface area contributed by atoms with Crippen LogP contribution in [0.2, 0.25) is 0 Å². The van der Waals surface area contributed by atoms with Crippen LogP contribution in [-0.4, -0.2) is 21.5 Å². The van der Waals surface area contributed by atoms with E-state index < -0.39 is 0 Å². The van der Waals surface area contributed by atoms with Gasteiger partial charge in [0, 0.05) is 13.6 Å². The van der Waals surface area contributed by atoms with Gasteiger partial charge in [0.15, 0.2) is 0 Å². The number of hydrogen-bond donors (Lipinski definition) is 1. The van der Waals surface area contributed by atoms with Crippen LogP contribution < -0.4 is 10.1 Å². The maximum Gasteiger partial charge on any atom is 0.134 e. The molecule has 1 aromatic carbocycles. The van der Waals surface area contributed by atoms with Crippen molar-refractivity contribution in [3.8, 4) is 5.75 Å². The van der Waals surface area contributed by atoms with Crippen molar-refractivity contribution in [2.45, 2.75) is 26.5 Å². The first-order valence-electron chi connectivity index (χ1n) is 6.66. The van der Waals surface area contributed by atoms with E-state index in [1.54, 1.807) is 4.68 Å². The molecule has 0 fully saturated rings. The van der Waals surface area contributed by atoms with E-state index in [1.807, 2.05) is 19.3 Å². The van der Waals surface area contributed by atoms with E-state index >= 15 is 0 Å². The van der Waals surface area contributed by atoms with Gasteiger partial charge in [-0.15, -0.1) is 5.10 Å².